The molecule has 1 aliphatic heterocycles. The van der Waals surface area contributed by atoms with Crippen molar-refractivity contribution in [1.29, 1.82) is 0 Å². The van der Waals surface area contributed by atoms with E-state index in [0.29, 0.717) is 12.2 Å². The van der Waals surface area contributed by atoms with Gasteiger partial charge < -0.3 is 14.6 Å². The molecule has 0 atom stereocenters. The number of carbonyl (C=O) groups is 1. The van der Waals surface area contributed by atoms with Crippen LogP contribution in [0.25, 0.3) is 0 Å². The van der Waals surface area contributed by atoms with Crippen molar-refractivity contribution in [1.82, 2.24) is 15.2 Å². The Bertz CT molecular complexity index is 318. The fourth-order valence-corrected chi connectivity index (χ4v) is 1.93. The molecule has 2 heterocycles. The Hall–Kier alpha value is -1.36. The van der Waals surface area contributed by atoms with Gasteiger partial charge in [-0.1, -0.05) is 0 Å². The molecule has 0 spiro atoms. The molecule has 0 saturated carbocycles. The molecule has 5 nitrogen and oxygen atoms in total. The van der Waals surface area contributed by atoms with Gasteiger partial charge in [-0.15, -0.1) is 0 Å². The summed E-state index contributed by atoms with van der Waals surface area (Å²) in [5.41, 5.74) is 0.348. The molecule has 1 aliphatic rings. The van der Waals surface area contributed by atoms with Crippen LogP contribution in [0, 0.1) is 0 Å². The smallest absolute Gasteiger partial charge is 0.273 e. The maximum Gasteiger partial charge on any atom is 0.273 e. The number of oxazole rings is 1. The minimum absolute atomic E-state index is 0.157. The Balaban J connectivity index is 1.59. The molecule has 1 aromatic heterocycles. The number of hydrogen-bond acceptors (Lipinski definition) is 4. The average Bonchev–Trinajstić information content (AvgIpc) is 2.96. The Morgan fingerprint density at radius 1 is 1.50 bits per heavy atom. The van der Waals surface area contributed by atoms with E-state index in [9.17, 15) is 4.79 Å². The number of hydrogen-bond donors (Lipinski definition) is 1. The molecule has 1 aromatic rings. The van der Waals surface area contributed by atoms with Crippen molar-refractivity contribution in [3.05, 3.63) is 18.4 Å². The molecule has 0 aromatic carbocycles. The normalized spacial score (nSPS) is 16.5. The van der Waals surface area contributed by atoms with Crippen molar-refractivity contribution in [2.24, 2.45) is 0 Å². The number of nitrogens with zero attached hydrogens (tertiary/aromatic N) is 2. The standard InChI is InChI=1S/C11H17N3O2/c15-11(10-8-16-9-13-10)12-4-3-7-14-5-1-2-6-14/h8-9H,1-7H2,(H,12,15). The van der Waals surface area contributed by atoms with Gasteiger partial charge in [0.25, 0.3) is 5.91 Å². The second-order valence-corrected chi connectivity index (χ2v) is 4.03. The first-order chi connectivity index (χ1) is 7.86. The van der Waals surface area contributed by atoms with Crippen molar-refractivity contribution in [3.63, 3.8) is 0 Å². The molecule has 5 heteroatoms. The van der Waals surface area contributed by atoms with Crippen LogP contribution in [0.4, 0.5) is 0 Å². The molecule has 1 fully saturated rings. The van der Waals surface area contributed by atoms with Gasteiger partial charge in [-0.05, 0) is 38.9 Å². The topological polar surface area (TPSA) is 58.4 Å². The van der Waals surface area contributed by atoms with Gasteiger partial charge in [0.2, 0.25) is 0 Å². The van der Waals surface area contributed by atoms with Crippen molar-refractivity contribution >= 4 is 5.91 Å². The number of nitrogens with one attached hydrogen (secondary N) is 1. The Morgan fingerprint density at radius 2 is 2.31 bits per heavy atom. The van der Waals surface area contributed by atoms with Crippen LogP contribution in [0.1, 0.15) is 29.8 Å². The van der Waals surface area contributed by atoms with Crippen LogP contribution in [0.2, 0.25) is 0 Å². The summed E-state index contributed by atoms with van der Waals surface area (Å²) >= 11 is 0. The third-order valence-corrected chi connectivity index (χ3v) is 2.80. The van der Waals surface area contributed by atoms with E-state index in [2.05, 4.69) is 15.2 Å². The lowest BCUT2D eigenvalue weighted by atomic mass is 10.3. The molecule has 0 unspecified atom stereocenters. The summed E-state index contributed by atoms with van der Waals surface area (Å²) in [6, 6.07) is 0. The van der Waals surface area contributed by atoms with Gasteiger partial charge >= 0.3 is 0 Å². The zero-order valence-electron chi connectivity index (χ0n) is 9.32. The first kappa shape index (κ1) is 11.1. The largest absolute Gasteiger partial charge is 0.451 e. The number of aromatic nitrogens is 1. The SMILES string of the molecule is O=C(NCCCN1CCCC1)c1cocn1. The summed E-state index contributed by atoms with van der Waals surface area (Å²) in [5.74, 6) is -0.157. The van der Waals surface area contributed by atoms with Crippen molar-refractivity contribution < 1.29 is 9.21 Å². The van der Waals surface area contributed by atoms with Gasteiger partial charge in [-0.25, -0.2) is 4.98 Å². The predicted molar refractivity (Wildman–Crippen MR) is 59.1 cm³/mol. The lowest BCUT2D eigenvalue weighted by Gasteiger charge is -2.13. The summed E-state index contributed by atoms with van der Waals surface area (Å²) < 4.78 is 4.74. The first-order valence-corrected chi connectivity index (χ1v) is 5.75. The highest BCUT2D eigenvalue weighted by molar-refractivity contribution is 5.91. The quantitative estimate of drug-likeness (QED) is 0.753. The molecule has 16 heavy (non-hydrogen) atoms. The Labute approximate surface area is 94.8 Å². The van der Waals surface area contributed by atoms with Gasteiger partial charge in [-0.2, -0.15) is 0 Å². The first-order valence-electron chi connectivity index (χ1n) is 5.75. The van der Waals surface area contributed by atoms with Crippen LogP contribution >= 0.6 is 0 Å². The van der Waals surface area contributed by atoms with E-state index in [1.807, 2.05) is 0 Å². The zero-order chi connectivity index (χ0) is 11.2. The maximum atomic E-state index is 11.5. The van der Waals surface area contributed by atoms with E-state index in [1.165, 1.54) is 38.6 Å². The van der Waals surface area contributed by atoms with Crippen LogP contribution in [0.3, 0.4) is 0 Å². The molecule has 0 bridgehead atoms. The Morgan fingerprint density at radius 3 is 3.00 bits per heavy atom. The highest BCUT2D eigenvalue weighted by Gasteiger charge is 2.11. The molecule has 0 radical (unpaired) electrons. The number of carbonyl (C=O) groups excluding carboxylic acids is 1. The van der Waals surface area contributed by atoms with Crippen molar-refractivity contribution in [3.8, 4) is 0 Å². The maximum absolute atomic E-state index is 11.5. The van der Waals surface area contributed by atoms with E-state index >= 15 is 0 Å². The summed E-state index contributed by atoms with van der Waals surface area (Å²) in [6.07, 6.45) is 6.23. The summed E-state index contributed by atoms with van der Waals surface area (Å²) in [6.45, 7) is 4.18. The number of rotatable bonds is 5. The van der Waals surface area contributed by atoms with Gasteiger partial charge in [0.05, 0.1) is 0 Å². The highest BCUT2D eigenvalue weighted by atomic mass is 16.3. The minimum Gasteiger partial charge on any atom is -0.451 e. The van der Waals surface area contributed by atoms with E-state index in [0.717, 1.165) is 13.0 Å². The van der Waals surface area contributed by atoms with Gasteiger partial charge in [-0.3, -0.25) is 4.79 Å². The van der Waals surface area contributed by atoms with Crippen molar-refractivity contribution in [2.45, 2.75) is 19.3 Å². The average molecular weight is 223 g/mol. The van der Waals surface area contributed by atoms with Crippen LogP contribution in [0.5, 0.6) is 0 Å². The van der Waals surface area contributed by atoms with E-state index in [-0.39, 0.29) is 5.91 Å². The summed E-state index contributed by atoms with van der Waals surface area (Å²) in [7, 11) is 0. The molecule has 1 amide bonds. The third-order valence-electron chi connectivity index (χ3n) is 2.80. The van der Waals surface area contributed by atoms with Crippen LogP contribution < -0.4 is 5.32 Å². The molecule has 88 valence electrons. The van der Waals surface area contributed by atoms with Gasteiger partial charge in [0.1, 0.15) is 6.26 Å². The van der Waals surface area contributed by atoms with Crippen LogP contribution in [0.15, 0.2) is 17.1 Å². The summed E-state index contributed by atoms with van der Waals surface area (Å²) in [5, 5.41) is 2.82. The van der Waals surface area contributed by atoms with Crippen molar-refractivity contribution in [2.75, 3.05) is 26.2 Å². The molecule has 2 rings (SSSR count). The fourth-order valence-electron chi connectivity index (χ4n) is 1.93. The third kappa shape index (κ3) is 3.06. The highest BCUT2D eigenvalue weighted by Crippen LogP contribution is 2.06. The molecular formula is C11H17N3O2. The van der Waals surface area contributed by atoms with Crippen LogP contribution in [-0.4, -0.2) is 42.0 Å². The summed E-state index contributed by atoms with van der Waals surface area (Å²) in [4.78, 5) is 17.7. The molecule has 1 N–H and O–H groups in total. The predicted octanol–water partition coefficient (Wildman–Crippen LogP) is 0.890. The lowest BCUT2D eigenvalue weighted by molar-refractivity contribution is 0.0947. The fraction of sp³-hybridized carbons (Fsp3) is 0.636. The lowest BCUT2D eigenvalue weighted by Crippen LogP contribution is -2.28. The number of amides is 1. The molecule has 0 aliphatic carbocycles. The van der Waals surface area contributed by atoms with E-state index in [1.54, 1.807) is 0 Å². The van der Waals surface area contributed by atoms with Crippen LogP contribution in [-0.2, 0) is 0 Å². The zero-order valence-corrected chi connectivity index (χ0v) is 9.32. The van der Waals surface area contributed by atoms with Gasteiger partial charge in [0, 0.05) is 6.54 Å². The molecule has 1 saturated heterocycles. The number of likely N-dealkylation sites (tertiary alicyclic amines) is 1. The second kappa shape index (κ2) is 5.65. The Kier molecular flexibility index (Phi) is 3.93. The van der Waals surface area contributed by atoms with E-state index < -0.39 is 0 Å². The monoisotopic (exact) mass is 223 g/mol. The second-order valence-electron chi connectivity index (χ2n) is 4.03. The molecular weight excluding hydrogens is 206 g/mol. The van der Waals surface area contributed by atoms with Gasteiger partial charge in [0.15, 0.2) is 12.1 Å². The minimum atomic E-state index is -0.157. The van der Waals surface area contributed by atoms with E-state index in [4.69, 9.17) is 4.42 Å².